The summed E-state index contributed by atoms with van der Waals surface area (Å²) < 4.78 is 13.7. The maximum atomic E-state index is 13.7. The Hall–Kier alpha value is -3.59. The molecule has 7 nitrogen and oxygen atoms in total. The lowest BCUT2D eigenvalue weighted by atomic mass is 10.2. The quantitative estimate of drug-likeness (QED) is 0.482. The van der Waals surface area contributed by atoms with E-state index in [-0.39, 0.29) is 35.5 Å². The summed E-state index contributed by atoms with van der Waals surface area (Å²) in [6.45, 7) is 0.568. The fourth-order valence-electron chi connectivity index (χ4n) is 2.55. The van der Waals surface area contributed by atoms with Gasteiger partial charge in [-0.15, -0.1) is 11.3 Å². The average molecular weight is 426 g/mol. The van der Waals surface area contributed by atoms with E-state index in [4.69, 9.17) is 0 Å². The average Bonchev–Trinajstić information content (AvgIpc) is 3.18. The fourth-order valence-corrected chi connectivity index (χ4v) is 3.26. The fraction of sp³-hybridized carbons (Fsp3) is 0.143. The van der Waals surface area contributed by atoms with E-state index in [9.17, 15) is 18.8 Å². The molecule has 0 bridgehead atoms. The summed E-state index contributed by atoms with van der Waals surface area (Å²) in [6.07, 6.45) is 0.0265. The second kappa shape index (κ2) is 10.3. The van der Waals surface area contributed by atoms with Crippen molar-refractivity contribution in [3.63, 3.8) is 0 Å². The molecule has 0 unspecified atom stereocenters. The highest BCUT2D eigenvalue weighted by Gasteiger charge is 2.14. The van der Waals surface area contributed by atoms with Gasteiger partial charge in [-0.25, -0.2) is 9.37 Å². The topological polar surface area (TPSA) is 100 Å². The predicted molar refractivity (Wildman–Crippen MR) is 112 cm³/mol. The molecule has 0 aliphatic carbocycles. The third kappa shape index (κ3) is 5.95. The molecule has 9 heteroatoms. The number of nitrogens with zero attached hydrogens (tertiary/aromatic N) is 1. The van der Waals surface area contributed by atoms with Crippen LogP contribution in [0.5, 0.6) is 0 Å². The van der Waals surface area contributed by atoms with E-state index in [2.05, 4.69) is 20.9 Å². The third-order valence-corrected chi connectivity index (χ3v) is 4.81. The van der Waals surface area contributed by atoms with E-state index in [0.717, 1.165) is 11.3 Å². The van der Waals surface area contributed by atoms with Gasteiger partial charge < -0.3 is 10.6 Å². The van der Waals surface area contributed by atoms with Crippen molar-refractivity contribution in [3.05, 3.63) is 82.6 Å². The van der Waals surface area contributed by atoms with Gasteiger partial charge in [-0.3, -0.25) is 19.7 Å². The number of anilines is 1. The largest absolute Gasteiger partial charge is 0.354 e. The molecule has 1 aromatic heterocycles. The summed E-state index contributed by atoms with van der Waals surface area (Å²) in [7, 11) is 0. The zero-order valence-corrected chi connectivity index (χ0v) is 16.7. The molecule has 0 saturated carbocycles. The van der Waals surface area contributed by atoms with Gasteiger partial charge in [-0.1, -0.05) is 30.3 Å². The van der Waals surface area contributed by atoms with Gasteiger partial charge in [0.25, 0.3) is 11.8 Å². The molecule has 0 fully saturated rings. The molecule has 30 heavy (non-hydrogen) atoms. The van der Waals surface area contributed by atoms with Crippen LogP contribution < -0.4 is 16.0 Å². The zero-order chi connectivity index (χ0) is 21.3. The Morgan fingerprint density at radius 3 is 2.37 bits per heavy atom. The van der Waals surface area contributed by atoms with Crippen LogP contribution in [0.4, 0.5) is 9.52 Å². The Bertz CT molecular complexity index is 1040. The van der Waals surface area contributed by atoms with Gasteiger partial charge in [-0.05, 0) is 24.3 Å². The number of benzene rings is 2. The minimum absolute atomic E-state index is 0.0265. The Morgan fingerprint density at radius 1 is 0.900 bits per heavy atom. The van der Waals surface area contributed by atoms with Gasteiger partial charge in [-0.2, -0.15) is 0 Å². The summed E-state index contributed by atoms with van der Waals surface area (Å²) in [6, 6.07) is 14.4. The van der Waals surface area contributed by atoms with Crippen LogP contribution in [0.3, 0.4) is 0 Å². The molecule has 0 atom stereocenters. The number of hydrogen-bond donors (Lipinski definition) is 3. The highest BCUT2D eigenvalue weighted by molar-refractivity contribution is 7.14. The highest BCUT2D eigenvalue weighted by atomic mass is 32.1. The number of carbonyl (C=O) groups is 3. The molecule has 0 aliphatic heterocycles. The van der Waals surface area contributed by atoms with Crippen LogP contribution in [0.15, 0.2) is 60.0 Å². The molecular formula is C21H19FN4O3S. The van der Waals surface area contributed by atoms with Crippen molar-refractivity contribution in [2.24, 2.45) is 0 Å². The Kier molecular flexibility index (Phi) is 7.23. The number of halogens is 1. The van der Waals surface area contributed by atoms with Gasteiger partial charge in [0.15, 0.2) is 5.13 Å². The lowest BCUT2D eigenvalue weighted by Crippen LogP contribution is -2.35. The lowest BCUT2D eigenvalue weighted by molar-refractivity contribution is -0.120. The number of amides is 3. The van der Waals surface area contributed by atoms with Crippen LogP contribution in [0, 0.1) is 5.82 Å². The molecule has 0 saturated heterocycles. The number of aromatic nitrogens is 1. The summed E-state index contributed by atoms with van der Waals surface area (Å²) in [5, 5.41) is 9.86. The Morgan fingerprint density at radius 2 is 1.60 bits per heavy atom. The second-order valence-corrected chi connectivity index (χ2v) is 7.08. The van der Waals surface area contributed by atoms with E-state index < -0.39 is 11.7 Å². The lowest BCUT2D eigenvalue weighted by Gasteiger charge is -2.06. The van der Waals surface area contributed by atoms with E-state index in [1.807, 2.05) is 6.07 Å². The maximum absolute atomic E-state index is 13.7. The van der Waals surface area contributed by atoms with Crippen LogP contribution in [0.2, 0.25) is 0 Å². The van der Waals surface area contributed by atoms with Crippen LogP contribution in [-0.2, 0) is 11.2 Å². The molecule has 0 spiro atoms. The predicted octanol–water partition coefficient (Wildman–Crippen LogP) is 2.62. The highest BCUT2D eigenvalue weighted by Crippen LogP contribution is 2.17. The standard InChI is InChI=1S/C21H19FN4O3S/c22-17-9-5-4-8-16(17)20(29)26-21-25-15(13-30-21)12-18(27)23-10-11-24-19(28)14-6-2-1-3-7-14/h1-9,13H,10-12H2,(H,23,27)(H,24,28)(H,25,26,29). The van der Waals surface area contributed by atoms with E-state index in [1.165, 1.54) is 18.2 Å². The summed E-state index contributed by atoms with van der Waals surface area (Å²) in [5.41, 5.74) is 0.954. The zero-order valence-electron chi connectivity index (χ0n) is 15.9. The van der Waals surface area contributed by atoms with E-state index in [1.54, 1.807) is 35.7 Å². The molecule has 2 aromatic carbocycles. The van der Waals surface area contributed by atoms with Crippen molar-refractivity contribution in [2.45, 2.75) is 6.42 Å². The smallest absolute Gasteiger partial charge is 0.260 e. The molecular weight excluding hydrogens is 407 g/mol. The normalized spacial score (nSPS) is 10.3. The van der Waals surface area contributed by atoms with Gasteiger partial charge in [0.2, 0.25) is 5.91 Å². The van der Waals surface area contributed by atoms with Crippen molar-refractivity contribution in [1.82, 2.24) is 15.6 Å². The molecule has 154 valence electrons. The number of rotatable bonds is 8. The van der Waals surface area contributed by atoms with Crippen molar-refractivity contribution in [3.8, 4) is 0 Å². The monoisotopic (exact) mass is 426 g/mol. The molecule has 0 radical (unpaired) electrons. The first-order valence-corrected chi connectivity index (χ1v) is 10.0. The molecule has 3 amide bonds. The molecule has 3 N–H and O–H groups in total. The minimum atomic E-state index is -0.620. The number of hydrogen-bond acceptors (Lipinski definition) is 5. The van der Waals surface area contributed by atoms with E-state index >= 15 is 0 Å². The summed E-state index contributed by atoms with van der Waals surface area (Å²) in [5.74, 6) is -1.70. The van der Waals surface area contributed by atoms with Crippen molar-refractivity contribution < 1.29 is 18.8 Å². The van der Waals surface area contributed by atoms with Crippen LogP contribution in [0.25, 0.3) is 0 Å². The van der Waals surface area contributed by atoms with Crippen molar-refractivity contribution >= 4 is 34.2 Å². The molecule has 3 rings (SSSR count). The Labute approximate surface area is 176 Å². The first-order valence-electron chi connectivity index (χ1n) is 9.13. The molecule has 0 aliphatic rings. The number of thiazole rings is 1. The SMILES string of the molecule is O=C(Cc1csc(NC(=O)c2ccccc2F)n1)NCCNC(=O)c1ccccc1. The first-order chi connectivity index (χ1) is 14.5. The molecule has 1 heterocycles. The minimum Gasteiger partial charge on any atom is -0.354 e. The van der Waals surface area contributed by atoms with Crippen molar-refractivity contribution in [2.75, 3.05) is 18.4 Å². The summed E-state index contributed by atoms with van der Waals surface area (Å²) in [4.78, 5) is 40.2. The van der Waals surface area contributed by atoms with Crippen molar-refractivity contribution in [1.29, 1.82) is 0 Å². The first kappa shape index (κ1) is 21.1. The van der Waals surface area contributed by atoms with Gasteiger partial charge in [0, 0.05) is 24.0 Å². The van der Waals surface area contributed by atoms with Gasteiger partial charge >= 0.3 is 0 Å². The maximum Gasteiger partial charge on any atom is 0.260 e. The summed E-state index contributed by atoms with van der Waals surface area (Å²) >= 11 is 1.15. The van der Waals surface area contributed by atoms with Crippen LogP contribution in [0.1, 0.15) is 26.4 Å². The van der Waals surface area contributed by atoms with E-state index in [0.29, 0.717) is 17.8 Å². The van der Waals surface area contributed by atoms with Gasteiger partial charge in [0.05, 0.1) is 17.7 Å². The Balaban J connectivity index is 1.41. The van der Waals surface area contributed by atoms with Gasteiger partial charge in [0.1, 0.15) is 5.82 Å². The van der Waals surface area contributed by atoms with Crippen LogP contribution >= 0.6 is 11.3 Å². The molecule has 3 aromatic rings. The van der Waals surface area contributed by atoms with Crippen LogP contribution in [-0.4, -0.2) is 35.8 Å². The second-order valence-electron chi connectivity index (χ2n) is 6.23. The third-order valence-electron chi connectivity index (χ3n) is 4.00. The number of nitrogens with one attached hydrogen (secondary N) is 3. The number of carbonyl (C=O) groups excluding carboxylic acids is 3.